The maximum atomic E-state index is 10.2. The van der Waals surface area contributed by atoms with Crippen molar-refractivity contribution in [1.82, 2.24) is 0 Å². The highest BCUT2D eigenvalue weighted by molar-refractivity contribution is 9.13. The Morgan fingerprint density at radius 1 is 0.792 bits per heavy atom. The summed E-state index contributed by atoms with van der Waals surface area (Å²) >= 11 is 6.91. The van der Waals surface area contributed by atoms with E-state index < -0.39 is 0 Å². The Hall–Kier alpha value is -1.43. The number of rotatable bonds is 1. The lowest BCUT2D eigenvalue weighted by Gasteiger charge is -2.07. The van der Waals surface area contributed by atoms with E-state index >= 15 is 0 Å². The van der Waals surface area contributed by atoms with Gasteiger partial charge < -0.3 is 22.1 Å². The second kappa shape index (κ2) is 6.82. The lowest BCUT2D eigenvalue weighted by Crippen LogP contribution is -3.00. The molecule has 0 saturated carbocycles. The topological polar surface area (TPSA) is 31.5 Å². The standard InChI is InChI=1S/C19H10Br2O2.BrH/c20-17-14(22)10-13-16(11-6-2-1-3-7-11)12-8-4-5-9-15(12)23-19(13)18(17)21;/h1-10H;1H. The molecule has 1 aromatic heterocycles. The highest BCUT2D eigenvalue weighted by Crippen LogP contribution is 2.44. The van der Waals surface area contributed by atoms with Crippen molar-refractivity contribution in [1.29, 1.82) is 0 Å². The zero-order valence-corrected chi connectivity index (χ0v) is 17.0. The van der Waals surface area contributed by atoms with E-state index in [9.17, 15) is 5.11 Å². The van der Waals surface area contributed by atoms with Crippen molar-refractivity contribution in [2.24, 2.45) is 0 Å². The van der Waals surface area contributed by atoms with Crippen LogP contribution in [0, 0.1) is 0 Å². The molecule has 1 heterocycles. The summed E-state index contributed by atoms with van der Waals surface area (Å²) in [5, 5.41) is 12.1. The summed E-state index contributed by atoms with van der Waals surface area (Å²) in [5.74, 6) is 0.173. The minimum atomic E-state index is 0. The van der Waals surface area contributed by atoms with Gasteiger partial charge in [-0.25, -0.2) is 4.42 Å². The molecule has 4 rings (SSSR count). The second-order valence-electron chi connectivity index (χ2n) is 5.24. The number of hydrogen-bond acceptors (Lipinski definition) is 1. The number of phenols is 1. The number of fused-ring (bicyclic) bond motifs is 2. The van der Waals surface area contributed by atoms with Gasteiger partial charge in [0.2, 0.25) is 0 Å². The zero-order chi connectivity index (χ0) is 16.0. The Labute approximate surface area is 166 Å². The number of halogens is 3. The van der Waals surface area contributed by atoms with Crippen LogP contribution in [-0.4, -0.2) is 5.11 Å². The molecule has 0 unspecified atom stereocenters. The van der Waals surface area contributed by atoms with Gasteiger partial charge in [-0.1, -0.05) is 42.5 Å². The molecular weight excluding hydrogens is 500 g/mol. The van der Waals surface area contributed by atoms with Crippen molar-refractivity contribution in [3.05, 3.63) is 69.6 Å². The Morgan fingerprint density at radius 3 is 2.21 bits per heavy atom. The lowest BCUT2D eigenvalue weighted by atomic mass is 9.97. The van der Waals surface area contributed by atoms with Crippen molar-refractivity contribution in [3.63, 3.8) is 0 Å². The number of benzene rings is 3. The molecule has 0 aliphatic rings. The Balaban J connectivity index is 0.00000169. The monoisotopic (exact) mass is 508 g/mol. The van der Waals surface area contributed by atoms with Gasteiger partial charge in [0.25, 0.3) is 0 Å². The maximum Gasteiger partial charge on any atom is 0.376 e. The van der Waals surface area contributed by atoms with Crippen LogP contribution in [0.5, 0.6) is 5.75 Å². The van der Waals surface area contributed by atoms with Crippen LogP contribution in [0.4, 0.5) is 0 Å². The quantitative estimate of drug-likeness (QED) is 0.312. The molecule has 4 aromatic rings. The first-order valence-electron chi connectivity index (χ1n) is 7.08. The minimum absolute atomic E-state index is 0. The predicted octanol–water partition coefficient (Wildman–Crippen LogP) is 3.77. The molecule has 0 saturated heterocycles. The SMILES string of the molecule is Oc1cc2c(-c3ccccc3)c3ccccc3[o+]c2c(Br)c1Br.[Br-]. The number of aromatic hydroxyl groups is 1. The molecule has 0 bridgehead atoms. The van der Waals surface area contributed by atoms with Crippen LogP contribution in [0.3, 0.4) is 0 Å². The number of para-hydroxylation sites is 1. The molecule has 120 valence electrons. The van der Waals surface area contributed by atoms with E-state index in [4.69, 9.17) is 4.42 Å². The van der Waals surface area contributed by atoms with Crippen molar-refractivity contribution < 1.29 is 26.5 Å². The van der Waals surface area contributed by atoms with Crippen LogP contribution in [0.25, 0.3) is 33.1 Å². The van der Waals surface area contributed by atoms with E-state index in [0.717, 1.165) is 27.5 Å². The molecule has 0 spiro atoms. The molecular formula is C19H11Br3O2. The average molecular weight is 511 g/mol. The van der Waals surface area contributed by atoms with Gasteiger partial charge in [-0.15, -0.1) is 0 Å². The average Bonchev–Trinajstić information content (AvgIpc) is 2.59. The fraction of sp³-hybridized carbons (Fsp3) is 0. The summed E-state index contributed by atoms with van der Waals surface area (Å²) in [7, 11) is 0. The van der Waals surface area contributed by atoms with Crippen molar-refractivity contribution in [2.45, 2.75) is 0 Å². The van der Waals surface area contributed by atoms with E-state index in [1.807, 2.05) is 42.5 Å². The molecule has 0 atom stereocenters. The number of hydrogen-bond donors (Lipinski definition) is 1. The van der Waals surface area contributed by atoms with Gasteiger partial charge in [0.1, 0.15) is 10.2 Å². The van der Waals surface area contributed by atoms with Gasteiger partial charge >= 0.3 is 11.2 Å². The Bertz CT molecular complexity index is 1050. The molecule has 0 aliphatic carbocycles. The molecule has 2 nitrogen and oxygen atoms in total. The maximum absolute atomic E-state index is 10.2. The normalized spacial score (nSPS) is 10.8. The van der Waals surface area contributed by atoms with Crippen molar-refractivity contribution in [2.75, 3.05) is 0 Å². The first-order valence-corrected chi connectivity index (χ1v) is 8.66. The summed E-state index contributed by atoms with van der Waals surface area (Å²) in [5.41, 5.74) is 3.63. The molecule has 1 N–H and O–H groups in total. The lowest BCUT2D eigenvalue weighted by molar-refractivity contribution is -0.00000566. The van der Waals surface area contributed by atoms with Gasteiger partial charge in [-0.05, 0) is 49.6 Å². The van der Waals surface area contributed by atoms with Crippen LogP contribution < -0.4 is 17.0 Å². The van der Waals surface area contributed by atoms with E-state index in [-0.39, 0.29) is 22.7 Å². The first kappa shape index (κ1) is 17.4. The summed E-state index contributed by atoms with van der Waals surface area (Å²) in [6.07, 6.45) is 0. The van der Waals surface area contributed by atoms with Gasteiger partial charge in [-0.3, -0.25) is 0 Å². The van der Waals surface area contributed by atoms with Crippen LogP contribution in [0.15, 0.2) is 74.0 Å². The summed E-state index contributed by atoms with van der Waals surface area (Å²) in [4.78, 5) is 0. The summed E-state index contributed by atoms with van der Waals surface area (Å²) < 4.78 is 7.38. The Morgan fingerprint density at radius 2 is 1.46 bits per heavy atom. The zero-order valence-electron chi connectivity index (χ0n) is 12.3. The largest absolute Gasteiger partial charge is 1.00 e. The van der Waals surface area contributed by atoms with Gasteiger partial charge in [0, 0.05) is 11.6 Å². The first-order chi connectivity index (χ1) is 11.2. The molecule has 5 heteroatoms. The molecule has 0 aliphatic heterocycles. The fourth-order valence-electron chi connectivity index (χ4n) is 2.81. The fourth-order valence-corrected chi connectivity index (χ4v) is 3.61. The van der Waals surface area contributed by atoms with E-state index in [0.29, 0.717) is 14.5 Å². The van der Waals surface area contributed by atoms with Gasteiger partial charge in [-0.2, -0.15) is 0 Å². The third kappa shape index (κ3) is 2.75. The second-order valence-corrected chi connectivity index (χ2v) is 6.83. The molecule has 0 radical (unpaired) electrons. The minimum Gasteiger partial charge on any atom is -1.00 e. The van der Waals surface area contributed by atoms with Crippen molar-refractivity contribution in [3.8, 4) is 16.9 Å². The summed E-state index contributed by atoms with van der Waals surface area (Å²) in [6, 6.07) is 19.8. The summed E-state index contributed by atoms with van der Waals surface area (Å²) in [6.45, 7) is 0. The third-order valence-electron chi connectivity index (χ3n) is 3.84. The molecule has 24 heavy (non-hydrogen) atoms. The molecule has 0 amide bonds. The van der Waals surface area contributed by atoms with E-state index in [1.54, 1.807) is 6.07 Å². The Kier molecular flexibility index (Phi) is 4.95. The molecule has 0 fully saturated rings. The van der Waals surface area contributed by atoms with Crippen LogP contribution in [0.2, 0.25) is 0 Å². The van der Waals surface area contributed by atoms with Gasteiger partial charge in [0.15, 0.2) is 0 Å². The number of phenolic OH excluding ortho intramolecular Hbond substituents is 1. The smallest absolute Gasteiger partial charge is 0.376 e. The highest BCUT2D eigenvalue weighted by atomic mass is 79.9. The van der Waals surface area contributed by atoms with E-state index in [1.165, 1.54) is 0 Å². The van der Waals surface area contributed by atoms with Crippen LogP contribution >= 0.6 is 31.9 Å². The third-order valence-corrected chi connectivity index (χ3v) is 5.93. The highest BCUT2D eigenvalue weighted by Gasteiger charge is 2.25. The molecule has 3 aromatic carbocycles. The van der Waals surface area contributed by atoms with Crippen molar-refractivity contribution >= 4 is 53.8 Å². The predicted molar refractivity (Wildman–Crippen MR) is 101 cm³/mol. The van der Waals surface area contributed by atoms with Crippen LogP contribution in [-0.2, 0) is 0 Å². The van der Waals surface area contributed by atoms with Crippen LogP contribution in [0.1, 0.15) is 0 Å². The van der Waals surface area contributed by atoms with E-state index in [2.05, 4.69) is 44.0 Å². The van der Waals surface area contributed by atoms with Gasteiger partial charge in [0.05, 0.1) is 15.2 Å².